The van der Waals surface area contributed by atoms with E-state index in [0.29, 0.717) is 6.54 Å². The lowest BCUT2D eigenvalue weighted by atomic mass is 10.3. The van der Waals surface area contributed by atoms with Crippen LogP contribution in [0.25, 0.3) is 0 Å². The third-order valence-corrected chi connectivity index (χ3v) is 4.34. The van der Waals surface area contributed by atoms with Crippen molar-refractivity contribution in [1.29, 1.82) is 0 Å². The van der Waals surface area contributed by atoms with Gasteiger partial charge >= 0.3 is 0 Å². The Morgan fingerprint density at radius 3 is 2.67 bits per heavy atom. The third kappa shape index (κ3) is 2.98. The summed E-state index contributed by atoms with van der Waals surface area (Å²) in [6, 6.07) is 3.36. The van der Waals surface area contributed by atoms with Crippen LogP contribution in [0.15, 0.2) is 23.2 Å². The van der Waals surface area contributed by atoms with Crippen molar-refractivity contribution in [2.75, 3.05) is 37.6 Å². The molecule has 6 nitrogen and oxygen atoms in total. The van der Waals surface area contributed by atoms with E-state index in [4.69, 9.17) is 0 Å². The molecule has 2 rings (SSSR count). The Labute approximate surface area is 107 Å². The minimum Gasteiger partial charge on any atom is -0.354 e. The molecule has 0 amide bonds. The normalized spacial score (nSPS) is 16.8. The van der Waals surface area contributed by atoms with Crippen LogP contribution >= 0.6 is 0 Å². The van der Waals surface area contributed by atoms with E-state index in [0.717, 1.165) is 32.0 Å². The molecule has 100 valence electrons. The van der Waals surface area contributed by atoms with Crippen molar-refractivity contribution in [3.63, 3.8) is 0 Å². The van der Waals surface area contributed by atoms with Crippen LogP contribution in [0.3, 0.4) is 0 Å². The molecule has 2 heterocycles. The molecule has 2 N–H and O–H groups in total. The minimum atomic E-state index is -3.40. The number of rotatable bonds is 4. The van der Waals surface area contributed by atoms with Gasteiger partial charge in [0.1, 0.15) is 10.7 Å². The fourth-order valence-corrected chi connectivity index (χ4v) is 2.87. The summed E-state index contributed by atoms with van der Waals surface area (Å²) in [4.78, 5) is 6.58. The Hall–Kier alpha value is -1.18. The van der Waals surface area contributed by atoms with Crippen molar-refractivity contribution >= 4 is 15.8 Å². The molecule has 1 saturated heterocycles. The molecule has 0 aliphatic carbocycles. The Balaban J connectivity index is 2.14. The number of hydrogen-bond acceptors (Lipinski definition) is 5. The van der Waals surface area contributed by atoms with E-state index in [9.17, 15) is 8.42 Å². The first kappa shape index (κ1) is 13.3. The summed E-state index contributed by atoms with van der Waals surface area (Å²) in [5, 5.41) is 3.26. The van der Waals surface area contributed by atoms with Gasteiger partial charge in [0.2, 0.25) is 10.0 Å². The van der Waals surface area contributed by atoms with Crippen molar-refractivity contribution in [1.82, 2.24) is 15.0 Å². The van der Waals surface area contributed by atoms with Gasteiger partial charge in [-0.1, -0.05) is 6.92 Å². The largest absolute Gasteiger partial charge is 0.354 e. The van der Waals surface area contributed by atoms with Crippen LogP contribution in [-0.4, -0.2) is 46.1 Å². The molecule has 0 unspecified atom stereocenters. The average molecular weight is 270 g/mol. The standard InChI is InChI=1S/C11H18N4O2S/c1-2-14-18(16,17)10-3-4-11(13-9-10)15-7-5-12-6-8-15/h3-4,9,12,14H,2,5-8H2,1H3. The molecule has 1 aliphatic rings. The van der Waals surface area contributed by atoms with Crippen LogP contribution in [0.4, 0.5) is 5.82 Å². The second-order valence-corrected chi connectivity index (χ2v) is 5.86. The Morgan fingerprint density at radius 2 is 2.11 bits per heavy atom. The van der Waals surface area contributed by atoms with Gasteiger partial charge in [-0.2, -0.15) is 0 Å². The van der Waals surface area contributed by atoms with Crippen molar-refractivity contribution in [3.8, 4) is 0 Å². The molecule has 1 aromatic rings. The summed E-state index contributed by atoms with van der Waals surface area (Å²) in [5.74, 6) is 0.826. The summed E-state index contributed by atoms with van der Waals surface area (Å²) in [6.45, 7) is 5.78. The molecule has 1 fully saturated rings. The van der Waals surface area contributed by atoms with E-state index in [1.165, 1.54) is 6.20 Å². The molecule has 0 radical (unpaired) electrons. The van der Waals surface area contributed by atoms with Crippen molar-refractivity contribution in [3.05, 3.63) is 18.3 Å². The topological polar surface area (TPSA) is 74.3 Å². The van der Waals surface area contributed by atoms with Gasteiger partial charge < -0.3 is 10.2 Å². The molecular formula is C11H18N4O2S. The van der Waals surface area contributed by atoms with E-state index in [1.54, 1.807) is 19.1 Å². The molecule has 0 atom stereocenters. The van der Waals surface area contributed by atoms with Crippen molar-refractivity contribution in [2.24, 2.45) is 0 Å². The quantitative estimate of drug-likeness (QED) is 0.792. The summed E-state index contributed by atoms with van der Waals surface area (Å²) in [7, 11) is -3.40. The zero-order valence-electron chi connectivity index (χ0n) is 10.4. The molecule has 0 aromatic carbocycles. The monoisotopic (exact) mass is 270 g/mol. The highest BCUT2D eigenvalue weighted by Gasteiger charge is 2.15. The van der Waals surface area contributed by atoms with Crippen molar-refractivity contribution in [2.45, 2.75) is 11.8 Å². The predicted molar refractivity (Wildman–Crippen MR) is 70.2 cm³/mol. The van der Waals surface area contributed by atoms with E-state index in [-0.39, 0.29) is 4.90 Å². The fourth-order valence-electron chi connectivity index (χ4n) is 1.89. The second-order valence-electron chi connectivity index (χ2n) is 4.09. The predicted octanol–water partition coefficient (Wildman–Crippen LogP) is -0.211. The number of sulfonamides is 1. The zero-order valence-corrected chi connectivity index (χ0v) is 11.2. The Kier molecular flexibility index (Phi) is 4.15. The highest BCUT2D eigenvalue weighted by atomic mass is 32.2. The first-order valence-corrected chi connectivity index (χ1v) is 7.53. The molecule has 0 bridgehead atoms. The van der Waals surface area contributed by atoms with Crippen LogP contribution in [-0.2, 0) is 10.0 Å². The molecule has 1 aliphatic heterocycles. The van der Waals surface area contributed by atoms with Gasteiger partial charge in [-0.3, -0.25) is 0 Å². The first-order chi connectivity index (χ1) is 8.63. The highest BCUT2D eigenvalue weighted by Crippen LogP contribution is 2.14. The number of hydrogen-bond donors (Lipinski definition) is 2. The van der Waals surface area contributed by atoms with Crippen LogP contribution in [0.2, 0.25) is 0 Å². The SMILES string of the molecule is CCNS(=O)(=O)c1ccc(N2CCNCC2)nc1. The van der Waals surface area contributed by atoms with Gasteiger partial charge in [0.05, 0.1) is 0 Å². The van der Waals surface area contributed by atoms with Crippen LogP contribution in [0.1, 0.15) is 6.92 Å². The van der Waals surface area contributed by atoms with Crippen LogP contribution in [0, 0.1) is 0 Å². The van der Waals surface area contributed by atoms with Crippen molar-refractivity contribution < 1.29 is 8.42 Å². The lowest BCUT2D eigenvalue weighted by Gasteiger charge is -2.28. The maximum Gasteiger partial charge on any atom is 0.242 e. The van der Waals surface area contributed by atoms with Crippen LogP contribution in [0.5, 0.6) is 0 Å². The first-order valence-electron chi connectivity index (χ1n) is 6.05. The maximum absolute atomic E-state index is 11.7. The third-order valence-electron chi connectivity index (χ3n) is 2.81. The number of nitrogens with one attached hydrogen (secondary N) is 2. The molecule has 18 heavy (non-hydrogen) atoms. The van der Waals surface area contributed by atoms with Gasteiger partial charge in [-0.05, 0) is 12.1 Å². The second kappa shape index (κ2) is 5.64. The molecule has 1 aromatic heterocycles. The lowest BCUT2D eigenvalue weighted by Crippen LogP contribution is -2.43. The molecular weight excluding hydrogens is 252 g/mol. The molecule has 0 spiro atoms. The molecule has 7 heteroatoms. The van der Waals surface area contributed by atoms with Gasteiger partial charge in [-0.15, -0.1) is 0 Å². The van der Waals surface area contributed by atoms with Gasteiger partial charge in [0.25, 0.3) is 0 Å². The lowest BCUT2D eigenvalue weighted by molar-refractivity contribution is 0.580. The van der Waals surface area contributed by atoms with E-state index in [2.05, 4.69) is 19.9 Å². The van der Waals surface area contributed by atoms with E-state index in [1.807, 2.05) is 0 Å². The van der Waals surface area contributed by atoms with Gasteiger partial charge in [-0.25, -0.2) is 18.1 Å². The summed E-state index contributed by atoms with van der Waals surface area (Å²) in [5.41, 5.74) is 0. The smallest absolute Gasteiger partial charge is 0.242 e. The summed E-state index contributed by atoms with van der Waals surface area (Å²) >= 11 is 0. The minimum absolute atomic E-state index is 0.211. The highest BCUT2D eigenvalue weighted by molar-refractivity contribution is 7.89. The number of pyridine rings is 1. The zero-order chi connectivity index (χ0) is 13.0. The van der Waals surface area contributed by atoms with Gasteiger partial charge in [0.15, 0.2) is 0 Å². The Morgan fingerprint density at radius 1 is 1.39 bits per heavy atom. The fraction of sp³-hybridized carbons (Fsp3) is 0.545. The maximum atomic E-state index is 11.7. The number of nitrogens with zero attached hydrogens (tertiary/aromatic N) is 2. The van der Waals surface area contributed by atoms with Crippen LogP contribution < -0.4 is 14.9 Å². The number of anilines is 1. The van der Waals surface area contributed by atoms with E-state index < -0.39 is 10.0 Å². The number of piperazine rings is 1. The summed E-state index contributed by atoms with van der Waals surface area (Å²) < 4.78 is 25.9. The molecule has 0 saturated carbocycles. The van der Waals surface area contributed by atoms with Gasteiger partial charge in [0, 0.05) is 38.9 Å². The van der Waals surface area contributed by atoms with E-state index >= 15 is 0 Å². The Bertz CT molecular complexity index is 480. The average Bonchev–Trinajstić information content (AvgIpc) is 2.40. The number of aromatic nitrogens is 1. The summed E-state index contributed by atoms with van der Waals surface area (Å²) in [6.07, 6.45) is 1.41.